The first-order valence-corrected chi connectivity index (χ1v) is 12.2. The molecule has 142 valence electrons. The molecule has 0 aliphatic rings. The summed E-state index contributed by atoms with van der Waals surface area (Å²) in [7, 11) is -3.83. The monoisotopic (exact) mass is 432 g/mol. The van der Waals surface area contributed by atoms with E-state index < -0.39 is 10.0 Å². The number of rotatable bonds is 8. The first-order chi connectivity index (χ1) is 12.2. The summed E-state index contributed by atoms with van der Waals surface area (Å²) in [5.41, 5.74) is 0.457. The van der Waals surface area contributed by atoms with Crippen LogP contribution in [-0.2, 0) is 14.8 Å². The van der Waals surface area contributed by atoms with E-state index >= 15 is 0 Å². The number of benzene rings is 1. The van der Waals surface area contributed by atoms with Gasteiger partial charge in [0, 0.05) is 17.6 Å². The predicted octanol–water partition coefficient (Wildman–Crippen LogP) is 3.77. The number of amides is 1. The summed E-state index contributed by atoms with van der Waals surface area (Å²) in [6, 6.07) is 4.59. The van der Waals surface area contributed by atoms with Gasteiger partial charge in [0.15, 0.2) is 4.34 Å². The van der Waals surface area contributed by atoms with Crippen LogP contribution in [0.3, 0.4) is 0 Å². The molecule has 7 nitrogen and oxygen atoms in total. The van der Waals surface area contributed by atoms with Crippen LogP contribution in [0, 0.1) is 5.92 Å². The van der Waals surface area contributed by atoms with Crippen LogP contribution in [0.25, 0.3) is 0 Å². The van der Waals surface area contributed by atoms with Gasteiger partial charge in [-0.25, -0.2) is 8.42 Å². The standard InChI is InChI=1S/C15H20N4O3S4/c1-9(2)8-24-15-18-17-14(25-15)19-26(21,22)11-5-6-13(23-4)12(7-11)16-10(3)20/h5-7,9H,8H2,1-4H3,(H,16,20)(H,17,19). The van der Waals surface area contributed by atoms with Crippen LogP contribution in [0.15, 0.2) is 32.3 Å². The van der Waals surface area contributed by atoms with E-state index in [0.717, 1.165) is 10.6 Å². The summed E-state index contributed by atoms with van der Waals surface area (Å²) in [4.78, 5) is 12.2. The van der Waals surface area contributed by atoms with Gasteiger partial charge >= 0.3 is 0 Å². The van der Waals surface area contributed by atoms with Crippen molar-refractivity contribution in [1.82, 2.24) is 10.2 Å². The summed E-state index contributed by atoms with van der Waals surface area (Å²) in [5.74, 6) is 1.13. The molecular weight excluding hydrogens is 412 g/mol. The van der Waals surface area contributed by atoms with Crippen LogP contribution < -0.4 is 10.0 Å². The first kappa shape index (κ1) is 21.0. The van der Waals surface area contributed by atoms with Crippen LogP contribution in [0.1, 0.15) is 20.8 Å². The Morgan fingerprint density at radius 2 is 2.04 bits per heavy atom. The second-order valence-electron chi connectivity index (χ2n) is 5.73. The summed E-state index contributed by atoms with van der Waals surface area (Å²) < 4.78 is 28.4. The van der Waals surface area contributed by atoms with Crippen molar-refractivity contribution in [3.63, 3.8) is 0 Å². The van der Waals surface area contributed by atoms with Crippen molar-refractivity contribution in [2.24, 2.45) is 5.92 Å². The summed E-state index contributed by atoms with van der Waals surface area (Å²) >= 11 is 4.16. The number of sulfonamides is 1. The van der Waals surface area contributed by atoms with E-state index in [4.69, 9.17) is 0 Å². The lowest BCUT2D eigenvalue weighted by Gasteiger charge is -2.11. The minimum Gasteiger partial charge on any atom is -0.325 e. The topological polar surface area (TPSA) is 101 Å². The van der Waals surface area contributed by atoms with Crippen molar-refractivity contribution in [2.75, 3.05) is 22.0 Å². The van der Waals surface area contributed by atoms with Gasteiger partial charge in [0.2, 0.25) is 11.0 Å². The number of anilines is 2. The third kappa shape index (κ3) is 5.86. The Kier molecular flexibility index (Phi) is 7.33. The zero-order valence-corrected chi connectivity index (χ0v) is 18.0. The minimum atomic E-state index is -3.83. The second kappa shape index (κ2) is 9.07. The van der Waals surface area contributed by atoms with Gasteiger partial charge in [-0.05, 0) is 30.4 Å². The SMILES string of the molecule is CSc1ccc(S(=O)(=O)Nc2nnc(SCC(C)C)s2)cc1NC(C)=O. The molecule has 26 heavy (non-hydrogen) atoms. The quantitative estimate of drug-likeness (QED) is 0.612. The van der Waals surface area contributed by atoms with Gasteiger partial charge in [-0.15, -0.1) is 22.0 Å². The number of hydrogen-bond acceptors (Lipinski definition) is 8. The van der Waals surface area contributed by atoms with E-state index in [9.17, 15) is 13.2 Å². The molecular formula is C15H20N4O3S4. The molecule has 0 saturated heterocycles. The number of hydrogen-bond donors (Lipinski definition) is 2. The van der Waals surface area contributed by atoms with Crippen LogP contribution in [0.4, 0.5) is 10.8 Å². The van der Waals surface area contributed by atoms with Crippen LogP contribution >= 0.6 is 34.9 Å². The van der Waals surface area contributed by atoms with Crippen molar-refractivity contribution in [1.29, 1.82) is 0 Å². The lowest BCUT2D eigenvalue weighted by molar-refractivity contribution is -0.114. The number of carbonyl (C=O) groups is 1. The number of nitrogens with zero attached hydrogens (tertiary/aromatic N) is 2. The summed E-state index contributed by atoms with van der Waals surface area (Å²) in [5, 5.41) is 10.8. The Morgan fingerprint density at radius 1 is 1.31 bits per heavy atom. The minimum absolute atomic E-state index is 0.0469. The van der Waals surface area contributed by atoms with E-state index in [2.05, 4.69) is 34.1 Å². The molecule has 1 aromatic carbocycles. The van der Waals surface area contributed by atoms with Gasteiger partial charge in [0.25, 0.3) is 10.0 Å². The molecule has 2 aromatic rings. The van der Waals surface area contributed by atoms with Gasteiger partial charge in [0.1, 0.15) is 0 Å². The molecule has 1 aromatic heterocycles. The molecule has 0 aliphatic carbocycles. The number of aromatic nitrogens is 2. The predicted molar refractivity (Wildman–Crippen MR) is 109 cm³/mol. The third-order valence-electron chi connectivity index (χ3n) is 2.96. The maximum Gasteiger partial charge on any atom is 0.263 e. The molecule has 0 aliphatic heterocycles. The molecule has 1 heterocycles. The number of carbonyl (C=O) groups excluding carboxylic acids is 1. The highest BCUT2D eigenvalue weighted by molar-refractivity contribution is 8.01. The van der Waals surface area contributed by atoms with Crippen molar-refractivity contribution in [3.05, 3.63) is 18.2 Å². The van der Waals surface area contributed by atoms with Gasteiger partial charge in [-0.3, -0.25) is 9.52 Å². The Bertz CT molecular complexity index is 881. The number of nitrogens with one attached hydrogen (secondary N) is 2. The molecule has 2 N–H and O–H groups in total. The molecule has 0 atom stereocenters. The van der Waals surface area contributed by atoms with E-state index in [1.807, 2.05) is 6.26 Å². The fraction of sp³-hybridized carbons (Fsp3) is 0.400. The largest absolute Gasteiger partial charge is 0.325 e. The van der Waals surface area contributed by atoms with Crippen molar-refractivity contribution in [3.8, 4) is 0 Å². The van der Waals surface area contributed by atoms with Gasteiger partial charge in [-0.2, -0.15) is 0 Å². The molecule has 0 bridgehead atoms. The van der Waals surface area contributed by atoms with Crippen molar-refractivity contribution >= 4 is 61.6 Å². The zero-order valence-electron chi connectivity index (χ0n) is 14.8. The summed E-state index contributed by atoms with van der Waals surface area (Å²) in [6.45, 7) is 5.58. The zero-order chi connectivity index (χ0) is 19.3. The molecule has 0 radical (unpaired) electrons. The highest BCUT2D eigenvalue weighted by Gasteiger charge is 2.19. The fourth-order valence-corrected chi connectivity index (χ4v) is 5.38. The molecule has 0 saturated carbocycles. The van der Waals surface area contributed by atoms with Crippen molar-refractivity contribution in [2.45, 2.75) is 34.9 Å². The fourth-order valence-electron chi connectivity index (χ4n) is 1.86. The summed E-state index contributed by atoms with van der Waals surface area (Å²) in [6.07, 6.45) is 1.85. The molecule has 0 spiro atoms. The Balaban J connectivity index is 2.20. The molecule has 0 unspecified atom stereocenters. The highest BCUT2D eigenvalue weighted by atomic mass is 32.2. The third-order valence-corrected chi connectivity index (χ3v) is 7.62. The molecule has 2 rings (SSSR count). The van der Waals surface area contributed by atoms with E-state index in [-0.39, 0.29) is 15.9 Å². The van der Waals surface area contributed by atoms with E-state index in [0.29, 0.717) is 15.9 Å². The van der Waals surface area contributed by atoms with E-state index in [1.165, 1.54) is 42.2 Å². The molecule has 0 fully saturated rings. The normalized spacial score (nSPS) is 11.6. The Hall–Kier alpha value is -1.30. The maximum atomic E-state index is 12.6. The lowest BCUT2D eigenvalue weighted by Crippen LogP contribution is -2.14. The molecule has 1 amide bonds. The first-order valence-electron chi connectivity index (χ1n) is 7.66. The van der Waals surface area contributed by atoms with E-state index in [1.54, 1.807) is 17.8 Å². The van der Waals surface area contributed by atoms with Gasteiger partial charge < -0.3 is 5.32 Å². The second-order valence-corrected chi connectivity index (χ2v) is 10.5. The van der Waals surface area contributed by atoms with Crippen LogP contribution in [0.5, 0.6) is 0 Å². The van der Waals surface area contributed by atoms with Gasteiger partial charge in [-0.1, -0.05) is 36.9 Å². The average molecular weight is 433 g/mol. The van der Waals surface area contributed by atoms with Gasteiger partial charge in [0.05, 0.1) is 10.6 Å². The Labute approximate surface area is 165 Å². The smallest absolute Gasteiger partial charge is 0.263 e. The average Bonchev–Trinajstić information content (AvgIpc) is 2.99. The lowest BCUT2D eigenvalue weighted by atomic mass is 10.3. The molecule has 11 heteroatoms. The van der Waals surface area contributed by atoms with Crippen LogP contribution in [-0.4, -0.2) is 36.5 Å². The highest BCUT2D eigenvalue weighted by Crippen LogP contribution is 2.31. The maximum absolute atomic E-state index is 12.6. The number of thioether (sulfide) groups is 2. The van der Waals surface area contributed by atoms with Crippen molar-refractivity contribution < 1.29 is 13.2 Å². The Morgan fingerprint density at radius 3 is 2.65 bits per heavy atom. The van der Waals surface area contributed by atoms with Crippen LogP contribution in [0.2, 0.25) is 0 Å².